The first-order valence-electron chi connectivity index (χ1n) is 10.6. The number of aromatic nitrogens is 1. The van der Waals surface area contributed by atoms with E-state index < -0.39 is 23.5 Å². The van der Waals surface area contributed by atoms with Crippen LogP contribution in [-0.4, -0.2) is 4.98 Å². The van der Waals surface area contributed by atoms with Gasteiger partial charge >= 0.3 is 12.4 Å². The molecule has 0 saturated carbocycles. The van der Waals surface area contributed by atoms with Crippen LogP contribution >= 0.6 is 0 Å². The second-order valence-electron chi connectivity index (χ2n) is 7.82. The first-order chi connectivity index (χ1) is 15.0. The molecule has 3 rings (SSSR count). The summed E-state index contributed by atoms with van der Waals surface area (Å²) in [4.78, 5) is 3.06. The Labute approximate surface area is 183 Å². The topological polar surface area (TPSA) is 15.8 Å². The Hall–Kier alpha value is -2.70. The SMILES string of the molecule is CCC/C(=C/CCc1c(-c2cc(C(F)(F)F)cc(C(F)(F)F)c2)[nH]c2ccccc12)CC. The number of alkyl halides is 6. The van der Waals surface area contributed by atoms with Gasteiger partial charge in [0.1, 0.15) is 0 Å². The smallest absolute Gasteiger partial charge is 0.354 e. The molecule has 1 heterocycles. The normalized spacial score (nSPS) is 13.2. The number of nitrogens with one attached hydrogen (secondary N) is 1. The van der Waals surface area contributed by atoms with Crippen molar-refractivity contribution in [2.45, 2.75) is 58.3 Å². The van der Waals surface area contributed by atoms with Crippen LogP contribution in [0.25, 0.3) is 22.2 Å². The van der Waals surface area contributed by atoms with Crippen LogP contribution in [-0.2, 0) is 18.8 Å². The van der Waals surface area contributed by atoms with Gasteiger partial charge in [0.2, 0.25) is 0 Å². The number of allylic oxidation sites excluding steroid dienone is 2. The van der Waals surface area contributed by atoms with E-state index in [4.69, 9.17) is 0 Å². The van der Waals surface area contributed by atoms with Gasteiger partial charge in [-0.15, -0.1) is 0 Å². The van der Waals surface area contributed by atoms with Crippen molar-refractivity contribution in [3.63, 3.8) is 0 Å². The predicted molar refractivity (Wildman–Crippen MR) is 115 cm³/mol. The molecule has 0 amide bonds. The quantitative estimate of drug-likeness (QED) is 0.271. The Bertz CT molecular complexity index is 1070. The van der Waals surface area contributed by atoms with Crippen LogP contribution in [0.4, 0.5) is 26.3 Å². The molecule has 0 atom stereocenters. The van der Waals surface area contributed by atoms with Crippen molar-refractivity contribution < 1.29 is 26.3 Å². The lowest BCUT2D eigenvalue weighted by Crippen LogP contribution is -2.11. The van der Waals surface area contributed by atoms with Crippen molar-refractivity contribution in [2.75, 3.05) is 0 Å². The number of hydrogen-bond donors (Lipinski definition) is 1. The monoisotopic (exact) mass is 453 g/mol. The predicted octanol–water partition coefficient (Wildman–Crippen LogP) is 8.94. The molecule has 1 nitrogen and oxygen atoms in total. The summed E-state index contributed by atoms with van der Waals surface area (Å²) in [5.41, 5.74) is 0.239. The van der Waals surface area contributed by atoms with E-state index in [1.54, 1.807) is 18.2 Å². The van der Waals surface area contributed by atoms with E-state index in [0.717, 1.165) is 42.3 Å². The van der Waals surface area contributed by atoms with Gasteiger partial charge in [0.25, 0.3) is 0 Å². The molecule has 172 valence electrons. The number of aryl methyl sites for hydroxylation is 1. The Morgan fingerprint density at radius 2 is 1.53 bits per heavy atom. The zero-order chi connectivity index (χ0) is 23.5. The van der Waals surface area contributed by atoms with Gasteiger partial charge < -0.3 is 4.98 Å². The number of hydrogen-bond acceptors (Lipinski definition) is 0. The maximum Gasteiger partial charge on any atom is 0.416 e. The fourth-order valence-corrected chi connectivity index (χ4v) is 3.97. The molecule has 0 aliphatic heterocycles. The van der Waals surface area contributed by atoms with Crippen LogP contribution in [0.2, 0.25) is 0 Å². The number of H-pyrrole nitrogens is 1. The fourth-order valence-electron chi connectivity index (χ4n) is 3.97. The van der Waals surface area contributed by atoms with Gasteiger partial charge in [-0.3, -0.25) is 0 Å². The highest BCUT2D eigenvalue weighted by molar-refractivity contribution is 5.91. The average molecular weight is 453 g/mol. The summed E-state index contributed by atoms with van der Waals surface area (Å²) in [5, 5.41) is 0.801. The van der Waals surface area contributed by atoms with Crippen molar-refractivity contribution in [3.8, 4) is 11.3 Å². The van der Waals surface area contributed by atoms with Crippen LogP contribution in [0, 0.1) is 0 Å². The van der Waals surface area contributed by atoms with E-state index in [0.29, 0.717) is 24.1 Å². The highest BCUT2D eigenvalue weighted by Crippen LogP contribution is 2.40. The number of halogens is 6. The number of aromatic amines is 1. The summed E-state index contributed by atoms with van der Waals surface area (Å²) in [6.45, 7) is 4.16. The van der Waals surface area contributed by atoms with Gasteiger partial charge in [0, 0.05) is 16.6 Å². The molecule has 0 spiro atoms. The minimum absolute atomic E-state index is 0.119. The molecule has 3 aromatic rings. The zero-order valence-electron chi connectivity index (χ0n) is 17.9. The van der Waals surface area contributed by atoms with Crippen LogP contribution in [0.3, 0.4) is 0 Å². The molecule has 1 N–H and O–H groups in total. The van der Waals surface area contributed by atoms with E-state index in [2.05, 4.69) is 24.9 Å². The van der Waals surface area contributed by atoms with Gasteiger partial charge in [-0.05, 0) is 61.1 Å². The van der Waals surface area contributed by atoms with Crippen LogP contribution in [0.5, 0.6) is 0 Å². The molecular weight excluding hydrogens is 428 g/mol. The van der Waals surface area contributed by atoms with Crippen LogP contribution in [0.15, 0.2) is 54.1 Å². The van der Waals surface area contributed by atoms with E-state index in [9.17, 15) is 26.3 Å². The first-order valence-corrected chi connectivity index (χ1v) is 10.6. The molecule has 0 unspecified atom stereocenters. The lowest BCUT2D eigenvalue weighted by molar-refractivity contribution is -0.143. The first kappa shape index (κ1) is 24.0. The second kappa shape index (κ2) is 9.43. The van der Waals surface area contributed by atoms with Crippen LogP contribution < -0.4 is 0 Å². The number of rotatable bonds is 7. The van der Waals surface area contributed by atoms with E-state index in [1.807, 2.05) is 6.07 Å². The lowest BCUT2D eigenvalue weighted by atomic mass is 9.96. The number of para-hydroxylation sites is 1. The maximum absolute atomic E-state index is 13.4. The van der Waals surface area contributed by atoms with Crippen LogP contribution in [0.1, 0.15) is 56.2 Å². The molecule has 0 aliphatic carbocycles. The zero-order valence-corrected chi connectivity index (χ0v) is 17.9. The maximum atomic E-state index is 13.4. The molecule has 0 saturated heterocycles. The van der Waals surface area contributed by atoms with Gasteiger partial charge in [-0.2, -0.15) is 26.3 Å². The molecule has 1 aromatic heterocycles. The molecule has 0 aliphatic rings. The van der Waals surface area contributed by atoms with Gasteiger partial charge in [-0.25, -0.2) is 0 Å². The van der Waals surface area contributed by atoms with Crippen molar-refractivity contribution in [3.05, 3.63) is 70.8 Å². The van der Waals surface area contributed by atoms with E-state index in [1.165, 1.54) is 5.57 Å². The highest BCUT2D eigenvalue weighted by Gasteiger charge is 2.37. The Morgan fingerprint density at radius 1 is 0.906 bits per heavy atom. The minimum Gasteiger partial charge on any atom is -0.354 e. The largest absolute Gasteiger partial charge is 0.416 e. The molecule has 0 fully saturated rings. The summed E-state index contributed by atoms with van der Waals surface area (Å²) < 4.78 is 80.2. The third-order valence-electron chi connectivity index (χ3n) is 5.54. The molecule has 32 heavy (non-hydrogen) atoms. The van der Waals surface area contributed by atoms with Crippen molar-refractivity contribution in [1.29, 1.82) is 0 Å². The van der Waals surface area contributed by atoms with Gasteiger partial charge in [-0.1, -0.05) is 50.1 Å². The number of benzene rings is 2. The summed E-state index contributed by atoms with van der Waals surface area (Å²) in [6.07, 6.45) is -3.59. The fraction of sp³-hybridized carbons (Fsp3) is 0.360. The Balaban J connectivity index is 2.14. The molecule has 0 radical (unpaired) electrons. The summed E-state index contributed by atoms with van der Waals surface area (Å²) in [6, 6.07) is 8.91. The van der Waals surface area contributed by atoms with Gasteiger partial charge in [0.05, 0.1) is 11.1 Å². The molecular formula is C25H25F6N. The Morgan fingerprint density at radius 3 is 2.09 bits per heavy atom. The third kappa shape index (κ3) is 5.37. The van der Waals surface area contributed by atoms with Crippen molar-refractivity contribution >= 4 is 10.9 Å². The van der Waals surface area contributed by atoms with E-state index in [-0.39, 0.29) is 11.6 Å². The second-order valence-corrected chi connectivity index (χ2v) is 7.82. The van der Waals surface area contributed by atoms with E-state index >= 15 is 0 Å². The van der Waals surface area contributed by atoms with Crippen molar-refractivity contribution in [1.82, 2.24) is 4.98 Å². The lowest BCUT2D eigenvalue weighted by Gasteiger charge is -2.14. The minimum atomic E-state index is -4.89. The summed E-state index contributed by atoms with van der Waals surface area (Å²) >= 11 is 0. The summed E-state index contributed by atoms with van der Waals surface area (Å²) in [5.74, 6) is 0. The molecule has 7 heteroatoms. The standard InChI is InChI=1S/C25H25F6N/c1-3-8-16(4-2)9-7-11-21-20-10-5-6-12-22(20)32-23(21)17-13-18(24(26,27)28)15-19(14-17)25(29,30)31/h5-6,9-10,12-15,32H,3-4,7-8,11H2,1-2H3/b16-9+. The average Bonchev–Trinajstić information content (AvgIpc) is 3.10. The third-order valence-corrected chi connectivity index (χ3v) is 5.54. The molecule has 0 bridgehead atoms. The number of fused-ring (bicyclic) bond motifs is 1. The summed E-state index contributed by atoms with van der Waals surface area (Å²) in [7, 11) is 0. The highest BCUT2D eigenvalue weighted by atomic mass is 19.4. The Kier molecular flexibility index (Phi) is 7.06. The molecule has 2 aromatic carbocycles. The van der Waals surface area contributed by atoms with Crippen molar-refractivity contribution in [2.24, 2.45) is 0 Å². The van der Waals surface area contributed by atoms with Gasteiger partial charge in [0.15, 0.2) is 0 Å².